The number of aryl methyl sites for hydroxylation is 1. The van der Waals surface area contributed by atoms with E-state index in [1.54, 1.807) is 11.3 Å². The van der Waals surface area contributed by atoms with E-state index in [0.29, 0.717) is 0 Å². The standard InChI is InChI=1S/C14H16BrNS/c1-3-10-4-6-11(7-5-10)13(16-2)14-12(15)8-9-17-14/h4-9,13,16H,3H2,1-2H3. The van der Waals surface area contributed by atoms with Crippen molar-refractivity contribution in [3.8, 4) is 0 Å². The molecule has 0 saturated carbocycles. The number of nitrogens with one attached hydrogen (secondary N) is 1. The summed E-state index contributed by atoms with van der Waals surface area (Å²) >= 11 is 5.38. The molecule has 0 aliphatic heterocycles. The van der Waals surface area contributed by atoms with Gasteiger partial charge in [-0.3, -0.25) is 0 Å². The molecule has 17 heavy (non-hydrogen) atoms. The quantitative estimate of drug-likeness (QED) is 0.883. The van der Waals surface area contributed by atoms with Crippen LogP contribution in [-0.2, 0) is 6.42 Å². The fourth-order valence-electron chi connectivity index (χ4n) is 1.91. The van der Waals surface area contributed by atoms with Gasteiger partial charge in [-0.15, -0.1) is 11.3 Å². The van der Waals surface area contributed by atoms with Gasteiger partial charge < -0.3 is 5.32 Å². The van der Waals surface area contributed by atoms with E-state index < -0.39 is 0 Å². The van der Waals surface area contributed by atoms with Crippen molar-refractivity contribution in [2.75, 3.05) is 7.05 Å². The molecule has 1 unspecified atom stereocenters. The zero-order valence-electron chi connectivity index (χ0n) is 10.0. The van der Waals surface area contributed by atoms with E-state index in [4.69, 9.17) is 0 Å². The van der Waals surface area contributed by atoms with Gasteiger partial charge in [0.1, 0.15) is 0 Å². The highest BCUT2D eigenvalue weighted by Gasteiger charge is 2.15. The van der Waals surface area contributed by atoms with Gasteiger partial charge in [-0.1, -0.05) is 31.2 Å². The van der Waals surface area contributed by atoms with Gasteiger partial charge in [0.25, 0.3) is 0 Å². The maximum atomic E-state index is 3.60. The summed E-state index contributed by atoms with van der Waals surface area (Å²) in [6.45, 7) is 2.18. The largest absolute Gasteiger partial charge is 0.309 e. The molecule has 2 aromatic rings. The van der Waals surface area contributed by atoms with Crippen LogP contribution in [0, 0.1) is 0 Å². The Labute approximate surface area is 115 Å². The summed E-state index contributed by atoms with van der Waals surface area (Å²) in [7, 11) is 2.00. The van der Waals surface area contributed by atoms with Crippen molar-refractivity contribution in [3.63, 3.8) is 0 Å². The van der Waals surface area contributed by atoms with Crippen LogP contribution >= 0.6 is 27.3 Å². The molecule has 3 heteroatoms. The molecule has 0 bridgehead atoms. The van der Waals surface area contributed by atoms with Gasteiger partial charge in [0.15, 0.2) is 0 Å². The maximum absolute atomic E-state index is 3.60. The Kier molecular flexibility index (Phi) is 4.37. The van der Waals surface area contributed by atoms with Gasteiger partial charge in [0, 0.05) is 9.35 Å². The molecule has 1 atom stereocenters. The number of thiophene rings is 1. The molecule has 90 valence electrons. The second kappa shape index (κ2) is 5.80. The Hall–Kier alpha value is -0.640. The highest BCUT2D eigenvalue weighted by Crippen LogP contribution is 2.32. The van der Waals surface area contributed by atoms with Crippen LogP contribution in [-0.4, -0.2) is 7.05 Å². The van der Waals surface area contributed by atoms with E-state index >= 15 is 0 Å². The first-order valence-electron chi connectivity index (χ1n) is 5.75. The second-order valence-electron chi connectivity index (χ2n) is 3.95. The van der Waals surface area contributed by atoms with Crippen LogP contribution in [0.5, 0.6) is 0 Å². The summed E-state index contributed by atoms with van der Waals surface area (Å²) in [5.74, 6) is 0. The SMILES string of the molecule is CCc1ccc(C(NC)c2sccc2Br)cc1. The number of halogens is 1. The normalized spacial score (nSPS) is 12.6. The average molecular weight is 310 g/mol. The number of hydrogen-bond donors (Lipinski definition) is 1. The first-order valence-corrected chi connectivity index (χ1v) is 7.42. The molecule has 0 amide bonds. The fraction of sp³-hybridized carbons (Fsp3) is 0.286. The Balaban J connectivity index is 2.32. The molecule has 1 heterocycles. The average Bonchev–Trinajstić information content (AvgIpc) is 2.78. The summed E-state index contributed by atoms with van der Waals surface area (Å²) in [4.78, 5) is 1.33. The minimum Gasteiger partial charge on any atom is -0.309 e. The molecule has 0 radical (unpaired) electrons. The number of hydrogen-bond acceptors (Lipinski definition) is 2. The summed E-state index contributed by atoms with van der Waals surface area (Å²) in [6, 6.07) is 11.2. The van der Waals surface area contributed by atoms with Crippen molar-refractivity contribution in [1.29, 1.82) is 0 Å². The van der Waals surface area contributed by atoms with Gasteiger partial charge >= 0.3 is 0 Å². The lowest BCUT2D eigenvalue weighted by molar-refractivity contribution is 0.701. The summed E-state index contributed by atoms with van der Waals surface area (Å²) < 4.78 is 1.18. The zero-order chi connectivity index (χ0) is 12.3. The predicted octanol–water partition coefficient (Wildman–Crippen LogP) is 4.38. The van der Waals surface area contributed by atoms with E-state index in [1.165, 1.54) is 20.5 Å². The van der Waals surface area contributed by atoms with Gasteiger partial charge in [0.05, 0.1) is 6.04 Å². The molecule has 0 saturated heterocycles. The molecule has 1 aromatic heterocycles. The number of rotatable bonds is 4. The molecular formula is C14H16BrNS. The highest BCUT2D eigenvalue weighted by atomic mass is 79.9. The lowest BCUT2D eigenvalue weighted by Crippen LogP contribution is -2.16. The zero-order valence-corrected chi connectivity index (χ0v) is 12.4. The first-order chi connectivity index (χ1) is 8.26. The van der Waals surface area contributed by atoms with Crippen molar-refractivity contribution in [1.82, 2.24) is 5.32 Å². The molecular weight excluding hydrogens is 294 g/mol. The third-order valence-electron chi connectivity index (χ3n) is 2.92. The summed E-state index contributed by atoms with van der Waals surface area (Å²) in [6.07, 6.45) is 1.09. The maximum Gasteiger partial charge on any atom is 0.0680 e. The first kappa shape index (κ1) is 12.8. The lowest BCUT2D eigenvalue weighted by atomic mass is 10.0. The molecule has 1 nitrogen and oxygen atoms in total. The van der Waals surface area contributed by atoms with Crippen molar-refractivity contribution in [3.05, 3.63) is 56.2 Å². The van der Waals surface area contributed by atoms with Gasteiger partial charge in [0.2, 0.25) is 0 Å². The fourth-order valence-corrected chi connectivity index (χ4v) is 3.64. The van der Waals surface area contributed by atoms with E-state index in [2.05, 4.69) is 63.9 Å². The summed E-state index contributed by atoms with van der Waals surface area (Å²) in [5, 5.41) is 5.49. The van der Waals surface area contributed by atoms with Crippen molar-refractivity contribution in [2.45, 2.75) is 19.4 Å². The smallest absolute Gasteiger partial charge is 0.0680 e. The topological polar surface area (TPSA) is 12.0 Å². The van der Waals surface area contributed by atoms with Crippen LogP contribution in [0.25, 0.3) is 0 Å². The summed E-state index contributed by atoms with van der Waals surface area (Å²) in [5.41, 5.74) is 2.70. The monoisotopic (exact) mass is 309 g/mol. The van der Waals surface area contributed by atoms with Crippen molar-refractivity contribution >= 4 is 27.3 Å². The molecule has 0 fully saturated rings. The van der Waals surface area contributed by atoms with Crippen LogP contribution in [0.3, 0.4) is 0 Å². The number of benzene rings is 1. The Morgan fingerprint density at radius 2 is 1.94 bits per heavy atom. The molecule has 0 spiro atoms. The van der Waals surface area contributed by atoms with Crippen LogP contribution in [0.1, 0.15) is 29.0 Å². The minimum atomic E-state index is 0.273. The van der Waals surface area contributed by atoms with Crippen molar-refractivity contribution < 1.29 is 0 Å². The predicted molar refractivity (Wildman–Crippen MR) is 78.7 cm³/mol. The van der Waals surface area contributed by atoms with E-state index in [1.807, 2.05) is 7.05 Å². The second-order valence-corrected chi connectivity index (χ2v) is 5.75. The van der Waals surface area contributed by atoms with Crippen LogP contribution in [0.4, 0.5) is 0 Å². The van der Waals surface area contributed by atoms with Gasteiger partial charge in [-0.25, -0.2) is 0 Å². The van der Waals surface area contributed by atoms with Crippen LogP contribution < -0.4 is 5.32 Å². The third-order valence-corrected chi connectivity index (χ3v) is 4.85. The van der Waals surface area contributed by atoms with Crippen LogP contribution in [0.15, 0.2) is 40.2 Å². The Morgan fingerprint density at radius 3 is 2.41 bits per heavy atom. The van der Waals surface area contributed by atoms with Crippen LogP contribution in [0.2, 0.25) is 0 Å². The van der Waals surface area contributed by atoms with E-state index in [9.17, 15) is 0 Å². The molecule has 1 N–H and O–H groups in total. The minimum absolute atomic E-state index is 0.273. The van der Waals surface area contributed by atoms with Gasteiger partial charge in [-0.05, 0) is 52.0 Å². The third kappa shape index (κ3) is 2.79. The van der Waals surface area contributed by atoms with E-state index in [0.717, 1.165) is 6.42 Å². The Morgan fingerprint density at radius 1 is 1.24 bits per heavy atom. The van der Waals surface area contributed by atoms with Gasteiger partial charge in [-0.2, -0.15) is 0 Å². The lowest BCUT2D eigenvalue weighted by Gasteiger charge is -2.16. The molecule has 2 rings (SSSR count). The Bertz CT molecular complexity index is 475. The molecule has 0 aliphatic rings. The highest BCUT2D eigenvalue weighted by molar-refractivity contribution is 9.10. The van der Waals surface area contributed by atoms with Crippen molar-refractivity contribution in [2.24, 2.45) is 0 Å². The molecule has 1 aromatic carbocycles. The van der Waals surface area contributed by atoms with E-state index in [-0.39, 0.29) is 6.04 Å². The molecule has 0 aliphatic carbocycles.